The van der Waals surface area contributed by atoms with Gasteiger partial charge in [-0.15, -0.1) is 5.10 Å². The highest BCUT2D eigenvalue weighted by Gasteiger charge is 2.15. The molecule has 0 fully saturated rings. The summed E-state index contributed by atoms with van der Waals surface area (Å²) in [6.07, 6.45) is 0. The minimum Gasteiger partial charge on any atom is -0.497 e. The predicted molar refractivity (Wildman–Crippen MR) is 106 cm³/mol. The third-order valence-electron chi connectivity index (χ3n) is 4.14. The number of ether oxygens (including phenoxy) is 2. The van der Waals surface area contributed by atoms with Crippen molar-refractivity contribution in [2.24, 2.45) is 0 Å². The SMILES string of the molecule is COc1ccc(-c2nc(SCC(=O)c3ccc(C)cc3C)n[nH]2)c(OC)c1. The van der Waals surface area contributed by atoms with Crippen LogP contribution in [-0.4, -0.2) is 40.9 Å². The van der Waals surface area contributed by atoms with Crippen LogP contribution in [0.25, 0.3) is 11.4 Å². The Hall–Kier alpha value is -2.80. The molecule has 6 nitrogen and oxygen atoms in total. The summed E-state index contributed by atoms with van der Waals surface area (Å²) >= 11 is 1.30. The number of carbonyl (C=O) groups is 1. The van der Waals surface area contributed by atoms with E-state index in [2.05, 4.69) is 15.2 Å². The summed E-state index contributed by atoms with van der Waals surface area (Å²) in [5.41, 5.74) is 3.64. The number of benzene rings is 2. The van der Waals surface area contributed by atoms with E-state index in [4.69, 9.17) is 9.47 Å². The number of hydrogen-bond acceptors (Lipinski definition) is 6. The molecule has 0 spiro atoms. The Balaban J connectivity index is 1.72. The van der Waals surface area contributed by atoms with Gasteiger partial charge in [-0.25, -0.2) is 4.98 Å². The molecule has 140 valence electrons. The zero-order valence-electron chi connectivity index (χ0n) is 15.7. The zero-order chi connectivity index (χ0) is 19.4. The highest BCUT2D eigenvalue weighted by atomic mass is 32.2. The van der Waals surface area contributed by atoms with Crippen molar-refractivity contribution in [3.63, 3.8) is 0 Å². The topological polar surface area (TPSA) is 77.1 Å². The number of aromatic amines is 1. The normalized spacial score (nSPS) is 10.7. The molecule has 1 aromatic heterocycles. The van der Waals surface area contributed by atoms with Crippen molar-refractivity contribution in [2.75, 3.05) is 20.0 Å². The number of rotatable bonds is 7. The maximum Gasteiger partial charge on any atom is 0.209 e. The van der Waals surface area contributed by atoms with Crippen molar-refractivity contribution < 1.29 is 14.3 Å². The van der Waals surface area contributed by atoms with Crippen LogP contribution < -0.4 is 9.47 Å². The molecule has 2 aromatic carbocycles. The molecule has 0 aliphatic rings. The number of hydrogen-bond donors (Lipinski definition) is 1. The summed E-state index contributed by atoms with van der Waals surface area (Å²) in [5, 5.41) is 7.62. The van der Waals surface area contributed by atoms with Crippen molar-refractivity contribution in [3.05, 3.63) is 53.1 Å². The highest BCUT2D eigenvalue weighted by Crippen LogP contribution is 2.32. The molecule has 0 unspecified atom stereocenters. The fourth-order valence-corrected chi connectivity index (χ4v) is 3.44. The Morgan fingerprint density at radius 1 is 1.11 bits per heavy atom. The third kappa shape index (κ3) is 4.31. The van der Waals surface area contributed by atoms with E-state index in [0.717, 1.165) is 22.3 Å². The molecule has 7 heteroatoms. The van der Waals surface area contributed by atoms with E-state index >= 15 is 0 Å². The molecule has 3 aromatic rings. The van der Waals surface area contributed by atoms with E-state index in [1.807, 2.05) is 44.2 Å². The molecule has 1 N–H and O–H groups in total. The van der Waals surface area contributed by atoms with Gasteiger partial charge in [0, 0.05) is 11.6 Å². The lowest BCUT2D eigenvalue weighted by Crippen LogP contribution is -2.05. The van der Waals surface area contributed by atoms with Crippen LogP contribution in [0.3, 0.4) is 0 Å². The smallest absolute Gasteiger partial charge is 0.209 e. The van der Waals surface area contributed by atoms with Crippen LogP contribution in [0.1, 0.15) is 21.5 Å². The fraction of sp³-hybridized carbons (Fsp3) is 0.250. The molecule has 0 radical (unpaired) electrons. The Morgan fingerprint density at radius 2 is 1.93 bits per heavy atom. The molecule has 0 amide bonds. The second kappa shape index (κ2) is 8.26. The van der Waals surface area contributed by atoms with E-state index in [0.29, 0.717) is 22.5 Å². The first-order chi connectivity index (χ1) is 13.0. The minimum atomic E-state index is 0.0610. The van der Waals surface area contributed by atoms with Crippen LogP contribution >= 0.6 is 11.8 Å². The quantitative estimate of drug-likeness (QED) is 0.489. The van der Waals surface area contributed by atoms with Gasteiger partial charge in [0.1, 0.15) is 11.5 Å². The largest absolute Gasteiger partial charge is 0.497 e. The molecular formula is C20H21N3O3S. The molecule has 0 bridgehead atoms. The zero-order valence-corrected chi connectivity index (χ0v) is 16.5. The second-order valence-corrected chi connectivity index (χ2v) is 7.01. The number of nitrogens with zero attached hydrogens (tertiary/aromatic N) is 2. The van der Waals surface area contributed by atoms with Crippen LogP contribution in [0.4, 0.5) is 0 Å². The van der Waals surface area contributed by atoms with Crippen molar-refractivity contribution in [2.45, 2.75) is 19.0 Å². The number of thioether (sulfide) groups is 1. The van der Waals surface area contributed by atoms with Crippen LogP contribution in [0.2, 0.25) is 0 Å². The number of aryl methyl sites for hydroxylation is 2. The molecule has 0 saturated carbocycles. The number of nitrogens with one attached hydrogen (secondary N) is 1. The lowest BCUT2D eigenvalue weighted by molar-refractivity contribution is 0.102. The van der Waals surface area contributed by atoms with Gasteiger partial charge in [0.15, 0.2) is 11.6 Å². The first-order valence-electron chi connectivity index (χ1n) is 8.40. The van der Waals surface area contributed by atoms with E-state index < -0.39 is 0 Å². The van der Waals surface area contributed by atoms with Gasteiger partial charge in [0.2, 0.25) is 5.16 Å². The van der Waals surface area contributed by atoms with E-state index in [-0.39, 0.29) is 11.5 Å². The Kier molecular flexibility index (Phi) is 5.81. The Labute approximate surface area is 162 Å². The van der Waals surface area contributed by atoms with Crippen LogP contribution in [-0.2, 0) is 0 Å². The van der Waals surface area contributed by atoms with Gasteiger partial charge >= 0.3 is 0 Å². The van der Waals surface area contributed by atoms with Crippen molar-refractivity contribution in [3.8, 4) is 22.9 Å². The summed E-state index contributed by atoms with van der Waals surface area (Å²) in [6.45, 7) is 3.96. The van der Waals surface area contributed by atoms with Gasteiger partial charge in [-0.05, 0) is 31.5 Å². The molecule has 0 aliphatic carbocycles. The van der Waals surface area contributed by atoms with Crippen molar-refractivity contribution >= 4 is 17.5 Å². The molecular weight excluding hydrogens is 362 g/mol. The Morgan fingerprint density at radius 3 is 2.63 bits per heavy atom. The summed E-state index contributed by atoms with van der Waals surface area (Å²) in [5.74, 6) is 2.25. The van der Waals surface area contributed by atoms with Crippen molar-refractivity contribution in [1.29, 1.82) is 0 Å². The van der Waals surface area contributed by atoms with Gasteiger partial charge < -0.3 is 9.47 Å². The number of ketones is 1. The predicted octanol–water partition coefficient (Wildman–Crippen LogP) is 4.08. The lowest BCUT2D eigenvalue weighted by atomic mass is 10.0. The maximum absolute atomic E-state index is 12.5. The first-order valence-corrected chi connectivity index (χ1v) is 9.38. The molecule has 0 saturated heterocycles. The van der Waals surface area contributed by atoms with Gasteiger partial charge in [-0.1, -0.05) is 35.5 Å². The molecule has 27 heavy (non-hydrogen) atoms. The molecule has 0 aliphatic heterocycles. The average molecular weight is 383 g/mol. The number of aromatic nitrogens is 3. The molecule has 3 rings (SSSR count). The number of carbonyl (C=O) groups excluding carboxylic acids is 1. The number of Topliss-reactive ketones (excluding diaryl/α,β-unsaturated/α-hetero) is 1. The summed E-state index contributed by atoms with van der Waals surface area (Å²) in [7, 11) is 3.19. The number of methoxy groups -OCH3 is 2. The van der Waals surface area contributed by atoms with E-state index in [1.54, 1.807) is 20.3 Å². The number of H-pyrrole nitrogens is 1. The van der Waals surface area contributed by atoms with E-state index in [1.165, 1.54) is 11.8 Å². The molecule has 1 heterocycles. The summed E-state index contributed by atoms with van der Waals surface area (Å²) in [6, 6.07) is 11.3. The maximum atomic E-state index is 12.5. The average Bonchev–Trinajstić information content (AvgIpc) is 3.14. The third-order valence-corrected chi connectivity index (χ3v) is 4.99. The minimum absolute atomic E-state index is 0.0610. The summed E-state index contributed by atoms with van der Waals surface area (Å²) in [4.78, 5) is 16.9. The van der Waals surface area contributed by atoms with Gasteiger partial charge in [-0.3, -0.25) is 9.89 Å². The van der Waals surface area contributed by atoms with Gasteiger partial charge in [0.05, 0.1) is 25.5 Å². The van der Waals surface area contributed by atoms with Crippen LogP contribution in [0, 0.1) is 13.8 Å². The highest BCUT2D eigenvalue weighted by molar-refractivity contribution is 7.99. The van der Waals surface area contributed by atoms with E-state index in [9.17, 15) is 4.79 Å². The van der Waals surface area contributed by atoms with Gasteiger partial charge in [0.25, 0.3) is 0 Å². The standard InChI is InChI=1S/C20H21N3O3S/c1-12-5-7-15(13(2)9-12)17(24)11-27-20-21-19(22-23-20)16-8-6-14(25-3)10-18(16)26-4/h5-10H,11H2,1-4H3,(H,21,22,23). The summed E-state index contributed by atoms with van der Waals surface area (Å²) < 4.78 is 10.6. The fourth-order valence-electron chi connectivity index (χ4n) is 2.76. The first kappa shape index (κ1) is 19.0. The molecule has 0 atom stereocenters. The lowest BCUT2D eigenvalue weighted by Gasteiger charge is -2.07. The van der Waals surface area contributed by atoms with Crippen LogP contribution in [0.5, 0.6) is 11.5 Å². The monoisotopic (exact) mass is 383 g/mol. The van der Waals surface area contributed by atoms with Crippen LogP contribution in [0.15, 0.2) is 41.6 Å². The van der Waals surface area contributed by atoms with Gasteiger partial charge in [-0.2, -0.15) is 0 Å². The Bertz CT molecular complexity index is 969. The van der Waals surface area contributed by atoms with Crippen molar-refractivity contribution in [1.82, 2.24) is 15.2 Å². The second-order valence-electron chi connectivity index (χ2n) is 6.06.